The fraction of sp³-hybridized carbons (Fsp3) is 0.350. The number of nitrogens with zero attached hydrogens (tertiary/aromatic N) is 2. The van der Waals surface area contributed by atoms with Crippen molar-refractivity contribution < 1.29 is 14.0 Å². The van der Waals surface area contributed by atoms with Crippen molar-refractivity contribution in [2.24, 2.45) is 0 Å². The second-order valence-corrected chi connectivity index (χ2v) is 6.51. The highest BCUT2D eigenvalue weighted by Gasteiger charge is 2.31. The lowest BCUT2D eigenvalue weighted by Gasteiger charge is -2.24. The van der Waals surface area contributed by atoms with E-state index in [2.05, 4.69) is 10.3 Å². The van der Waals surface area contributed by atoms with Gasteiger partial charge in [-0.25, -0.2) is 4.39 Å². The maximum atomic E-state index is 13.8. The van der Waals surface area contributed by atoms with Gasteiger partial charge < -0.3 is 10.2 Å². The molecule has 0 unspecified atom stereocenters. The van der Waals surface area contributed by atoms with Crippen LogP contribution in [-0.4, -0.2) is 28.2 Å². The van der Waals surface area contributed by atoms with E-state index in [0.717, 1.165) is 24.1 Å². The molecule has 1 aliphatic heterocycles. The van der Waals surface area contributed by atoms with Crippen LogP contribution in [0.15, 0.2) is 42.6 Å². The molecule has 1 aromatic heterocycles. The lowest BCUT2D eigenvalue weighted by Crippen LogP contribution is -2.32. The summed E-state index contributed by atoms with van der Waals surface area (Å²) in [5.41, 5.74) is 2.16. The summed E-state index contributed by atoms with van der Waals surface area (Å²) in [6, 6.07) is 10.1. The minimum atomic E-state index is -0.350. The van der Waals surface area contributed by atoms with Crippen molar-refractivity contribution in [2.45, 2.75) is 38.8 Å². The number of amides is 2. The summed E-state index contributed by atoms with van der Waals surface area (Å²) in [5.74, 6) is -0.520. The van der Waals surface area contributed by atoms with E-state index in [9.17, 15) is 14.0 Å². The number of hydrogen-bond acceptors (Lipinski definition) is 3. The van der Waals surface area contributed by atoms with Crippen LogP contribution in [0, 0.1) is 5.82 Å². The van der Waals surface area contributed by atoms with E-state index in [4.69, 9.17) is 0 Å². The van der Waals surface area contributed by atoms with E-state index in [1.807, 2.05) is 12.1 Å². The molecule has 1 atom stereocenters. The van der Waals surface area contributed by atoms with Crippen LogP contribution >= 0.6 is 0 Å². The number of hydrogen-bond donors (Lipinski definition) is 1. The van der Waals surface area contributed by atoms with Crippen LogP contribution in [0.4, 0.5) is 4.39 Å². The summed E-state index contributed by atoms with van der Waals surface area (Å²) >= 11 is 0. The van der Waals surface area contributed by atoms with Gasteiger partial charge in [-0.05, 0) is 36.1 Å². The maximum Gasteiger partial charge on any atom is 0.227 e. The molecule has 2 aromatic rings. The maximum absolute atomic E-state index is 13.8. The lowest BCUT2D eigenvalue weighted by molar-refractivity contribution is -0.131. The molecule has 0 radical (unpaired) electrons. The number of likely N-dealkylation sites (tertiary alicyclic amines) is 1. The van der Waals surface area contributed by atoms with E-state index in [0.29, 0.717) is 18.7 Å². The molecule has 1 aromatic carbocycles. The molecule has 0 saturated carbocycles. The Bertz CT molecular complexity index is 792. The van der Waals surface area contributed by atoms with Crippen molar-refractivity contribution in [3.8, 4) is 0 Å². The van der Waals surface area contributed by atoms with Crippen LogP contribution in [0.3, 0.4) is 0 Å². The minimum Gasteiger partial charge on any atom is -0.352 e. The first-order valence-corrected chi connectivity index (χ1v) is 8.76. The standard InChI is InChI=1S/C20H22FN3O2/c1-14(25)22-12-15-8-9-18(23-13-15)19-7-4-10-24(19)20(26)11-16-5-2-3-6-17(16)21/h2-3,5-6,8-9,13,19H,4,7,10-12H2,1H3,(H,22,25)/t19-/m1/s1. The Morgan fingerprint density at radius 3 is 2.77 bits per heavy atom. The Kier molecular flexibility index (Phi) is 5.61. The molecule has 1 aliphatic rings. The van der Waals surface area contributed by atoms with Crippen LogP contribution in [0.25, 0.3) is 0 Å². The summed E-state index contributed by atoms with van der Waals surface area (Å²) in [4.78, 5) is 29.9. The number of benzene rings is 1. The monoisotopic (exact) mass is 355 g/mol. The highest BCUT2D eigenvalue weighted by molar-refractivity contribution is 5.79. The third-order valence-corrected chi connectivity index (χ3v) is 4.60. The third kappa shape index (κ3) is 4.25. The summed E-state index contributed by atoms with van der Waals surface area (Å²) in [6.45, 7) is 2.57. The van der Waals surface area contributed by atoms with Gasteiger partial charge in [0.15, 0.2) is 0 Å². The van der Waals surface area contributed by atoms with E-state index < -0.39 is 0 Å². The van der Waals surface area contributed by atoms with Gasteiger partial charge in [0.25, 0.3) is 0 Å². The number of aromatic nitrogens is 1. The first-order chi connectivity index (χ1) is 12.5. The smallest absolute Gasteiger partial charge is 0.227 e. The molecule has 2 amide bonds. The predicted molar refractivity (Wildman–Crippen MR) is 95.5 cm³/mol. The van der Waals surface area contributed by atoms with E-state index >= 15 is 0 Å². The molecule has 0 spiro atoms. The highest BCUT2D eigenvalue weighted by atomic mass is 19.1. The summed E-state index contributed by atoms with van der Waals surface area (Å²) in [5, 5.41) is 2.73. The fourth-order valence-corrected chi connectivity index (χ4v) is 3.24. The summed E-state index contributed by atoms with van der Waals surface area (Å²) in [6.07, 6.45) is 3.54. The van der Waals surface area contributed by atoms with Crippen molar-refractivity contribution >= 4 is 11.8 Å². The molecule has 1 saturated heterocycles. The van der Waals surface area contributed by atoms with Gasteiger partial charge in [-0.2, -0.15) is 0 Å². The average molecular weight is 355 g/mol. The van der Waals surface area contributed by atoms with Crippen molar-refractivity contribution in [1.82, 2.24) is 15.2 Å². The van der Waals surface area contributed by atoms with Gasteiger partial charge in [0.05, 0.1) is 18.2 Å². The lowest BCUT2D eigenvalue weighted by atomic mass is 10.1. The Morgan fingerprint density at radius 2 is 2.08 bits per heavy atom. The summed E-state index contributed by atoms with van der Waals surface area (Å²) in [7, 11) is 0. The summed E-state index contributed by atoms with van der Waals surface area (Å²) < 4.78 is 13.8. The number of rotatable bonds is 5. The van der Waals surface area contributed by atoms with Gasteiger partial charge >= 0.3 is 0 Å². The highest BCUT2D eigenvalue weighted by Crippen LogP contribution is 2.31. The number of pyridine rings is 1. The molecule has 3 rings (SSSR count). The predicted octanol–water partition coefficient (Wildman–Crippen LogP) is 2.76. The average Bonchev–Trinajstić information content (AvgIpc) is 3.12. The fourth-order valence-electron chi connectivity index (χ4n) is 3.24. The van der Waals surface area contributed by atoms with Gasteiger partial charge in [-0.3, -0.25) is 14.6 Å². The second-order valence-electron chi connectivity index (χ2n) is 6.51. The molecule has 0 aliphatic carbocycles. The van der Waals surface area contributed by atoms with E-state index in [-0.39, 0.29) is 30.1 Å². The molecule has 26 heavy (non-hydrogen) atoms. The van der Waals surface area contributed by atoms with Crippen LogP contribution in [0.5, 0.6) is 0 Å². The number of halogens is 1. The molecule has 1 fully saturated rings. The second kappa shape index (κ2) is 8.08. The third-order valence-electron chi connectivity index (χ3n) is 4.60. The van der Waals surface area contributed by atoms with E-state index in [1.54, 1.807) is 29.3 Å². The molecule has 1 N–H and O–H groups in total. The van der Waals surface area contributed by atoms with Gasteiger partial charge in [-0.15, -0.1) is 0 Å². The Balaban J connectivity index is 1.68. The molecular weight excluding hydrogens is 333 g/mol. The van der Waals surface area contributed by atoms with Crippen molar-refractivity contribution in [2.75, 3.05) is 6.54 Å². The number of carbonyl (C=O) groups excluding carboxylic acids is 2. The zero-order chi connectivity index (χ0) is 18.5. The topological polar surface area (TPSA) is 62.3 Å². The van der Waals surface area contributed by atoms with Crippen molar-refractivity contribution in [3.63, 3.8) is 0 Å². The molecule has 2 heterocycles. The first kappa shape index (κ1) is 18.0. The van der Waals surface area contributed by atoms with Crippen molar-refractivity contribution in [3.05, 3.63) is 65.2 Å². The van der Waals surface area contributed by atoms with Gasteiger partial charge in [0, 0.05) is 26.2 Å². The Hall–Kier alpha value is -2.76. The molecule has 136 valence electrons. The molecular formula is C20H22FN3O2. The van der Waals surface area contributed by atoms with Crippen molar-refractivity contribution in [1.29, 1.82) is 0 Å². The SMILES string of the molecule is CC(=O)NCc1ccc([C@H]2CCCN2C(=O)Cc2ccccc2F)nc1. The minimum absolute atomic E-state index is 0.0593. The zero-order valence-electron chi connectivity index (χ0n) is 14.7. The van der Waals surface area contributed by atoms with Crippen LogP contribution in [0.1, 0.15) is 42.6 Å². The van der Waals surface area contributed by atoms with Gasteiger partial charge in [0.1, 0.15) is 5.82 Å². The first-order valence-electron chi connectivity index (χ1n) is 8.76. The zero-order valence-corrected chi connectivity index (χ0v) is 14.7. The quantitative estimate of drug-likeness (QED) is 0.897. The normalized spacial score (nSPS) is 16.5. The molecule has 5 nitrogen and oxygen atoms in total. The Labute approximate surface area is 152 Å². The van der Waals surface area contributed by atoms with Gasteiger partial charge in [-0.1, -0.05) is 24.3 Å². The number of nitrogens with one attached hydrogen (secondary N) is 1. The Morgan fingerprint density at radius 1 is 1.27 bits per heavy atom. The van der Waals surface area contributed by atoms with E-state index in [1.165, 1.54) is 13.0 Å². The van der Waals surface area contributed by atoms with Crippen LogP contribution < -0.4 is 5.32 Å². The molecule has 6 heteroatoms. The number of carbonyl (C=O) groups is 2. The molecule has 0 bridgehead atoms. The van der Waals surface area contributed by atoms with Crippen LogP contribution in [-0.2, 0) is 22.6 Å². The largest absolute Gasteiger partial charge is 0.352 e. The van der Waals surface area contributed by atoms with Crippen LogP contribution in [0.2, 0.25) is 0 Å². The van der Waals surface area contributed by atoms with Gasteiger partial charge in [0.2, 0.25) is 11.8 Å².